The molecule has 3 rings (SSSR count). The molecule has 6 heteroatoms. The minimum absolute atomic E-state index is 0.0871. The first-order valence-electron chi connectivity index (χ1n) is 8.43. The monoisotopic (exact) mass is 358 g/mol. The van der Waals surface area contributed by atoms with E-state index in [1.807, 2.05) is 36.4 Å². The third-order valence-corrected chi connectivity index (χ3v) is 4.67. The molecule has 0 aliphatic carbocycles. The summed E-state index contributed by atoms with van der Waals surface area (Å²) < 4.78 is 0. The number of halogens is 1. The van der Waals surface area contributed by atoms with Crippen molar-refractivity contribution < 1.29 is 4.79 Å². The Balaban J connectivity index is 1.70. The van der Waals surface area contributed by atoms with Gasteiger partial charge in [-0.2, -0.15) is 0 Å². The Bertz CT molecular complexity index is 744. The lowest BCUT2D eigenvalue weighted by Gasteiger charge is -2.33. The summed E-state index contributed by atoms with van der Waals surface area (Å²) in [6.07, 6.45) is 0. The fourth-order valence-corrected chi connectivity index (χ4v) is 3.14. The lowest BCUT2D eigenvalue weighted by atomic mass is 10.2. The number of anilines is 1. The van der Waals surface area contributed by atoms with Crippen molar-refractivity contribution in [3.8, 4) is 0 Å². The topological polar surface area (TPSA) is 39.7 Å². The first-order chi connectivity index (χ1) is 12.0. The summed E-state index contributed by atoms with van der Waals surface area (Å²) >= 11 is 6.02. The van der Waals surface area contributed by atoms with E-state index in [4.69, 9.17) is 11.6 Å². The number of likely N-dealkylation sites (N-methyl/N-ethyl adjacent to an activating group) is 1. The van der Waals surface area contributed by atoms with E-state index in [0.717, 1.165) is 37.6 Å². The highest BCUT2D eigenvalue weighted by Crippen LogP contribution is 2.16. The molecular weight excluding hydrogens is 336 g/mol. The molecule has 2 heterocycles. The maximum Gasteiger partial charge on any atom is 0.272 e. The fraction of sp³-hybridized carbons (Fsp3) is 0.368. The van der Waals surface area contributed by atoms with Gasteiger partial charge in [0.1, 0.15) is 11.5 Å². The average molecular weight is 359 g/mol. The number of aromatic nitrogens is 1. The van der Waals surface area contributed by atoms with Crippen molar-refractivity contribution in [3.05, 3.63) is 58.7 Å². The van der Waals surface area contributed by atoms with Gasteiger partial charge in [-0.25, -0.2) is 4.98 Å². The summed E-state index contributed by atoms with van der Waals surface area (Å²) in [6, 6.07) is 13.2. The van der Waals surface area contributed by atoms with E-state index in [-0.39, 0.29) is 5.91 Å². The van der Waals surface area contributed by atoms with Gasteiger partial charge < -0.3 is 14.7 Å². The average Bonchev–Trinajstić information content (AvgIpc) is 2.62. The van der Waals surface area contributed by atoms with Gasteiger partial charge >= 0.3 is 0 Å². The molecule has 1 aliphatic heterocycles. The van der Waals surface area contributed by atoms with Gasteiger partial charge in [-0.1, -0.05) is 29.8 Å². The SMILES string of the molecule is CN1CCN(c2cccc(C(=O)N(C)Cc3cccc(Cl)c3)n2)CC1. The third-order valence-electron chi connectivity index (χ3n) is 4.44. The molecule has 0 unspecified atom stereocenters. The molecule has 1 aliphatic rings. The van der Waals surface area contributed by atoms with Crippen LogP contribution in [0, 0.1) is 0 Å². The fourth-order valence-electron chi connectivity index (χ4n) is 2.93. The van der Waals surface area contributed by atoms with E-state index in [1.165, 1.54) is 0 Å². The normalized spacial score (nSPS) is 15.2. The number of carbonyl (C=O) groups is 1. The van der Waals surface area contributed by atoms with Crippen LogP contribution in [-0.2, 0) is 6.54 Å². The minimum atomic E-state index is -0.0871. The van der Waals surface area contributed by atoms with Crippen molar-refractivity contribution in [2.24, 2.45) is 0 Å². The Labute approximate surface area is 153 Å². The number of pyridine rings is 1. The summed E-state index contributed by atoms with van der Waals surface area (Å²) in [6.45, 7) is 4.38. The number of piperazine rings is 1. The van der Waals surface area contributed by atoms with Crippen LogP contribution < -0.4 is 4.90 Å². The number of hydrogen-bond donors (Lipinski definition) is 0. The number of hydrogen-bond acceptors (Lipinski definition) is 4. The van der Waals surface area contributed by atoms with E-state index < -0.39 is 0 Å². The predicted octanol–water partition coefficient (Wildman–Crippen LogP) is 2.76. The predicted molar refractivity (Wildman–Crippen MR) is 101 cm³/mol. The zero-order chi connectivity index (χ0) is 17.8. The maximum absolute atomic E-state index is 12.7. The number of benzene rings is 1. The van der Waals surface area contributed by atoms with Gasteiger partial charge in [0.15, 0.2) is 0 Å². The molecular formula is C19H23ClN4O. The Morgan fingerprint density at radius 2 is 1.88 bits per heavy atom. The van der Waals surface area contributed by atoms with Crippen molar-refractivity contribution >= 4 is 23.3 Å². The highest BCUT2D eigenvalue weighted by molar-refractivity contribution is 6.30. The van der Waals surface area contributed by atoms with Crippen LogP contribution in [0.2, 0.25) is 5.02 Å². The second kappa shape index (κ2) is 7.85. The molecule has 25 heavy (non-hydrogen) atoms. The Morgan fingerprint density at radius 1 is 1.16 bits per heavy atom. The van der Waals surface area contributed by atoms with Gasteiger partial charge in [0.05, 0.1) is 0 Å². The second-order valence-corrected chi connectivity index (χ2v) is 6.90. The van der Waals surface area contributed by atoms with Gasteiger partial charge in [-0.05, 0) is 36.9 Å². The van der Waals surface area contributed by atoms with Crippen molar-refractivity contribution in [1.82, 2.24) is 14.8 Å². The molecule has 1 aromatic heterocycles. The Kier molecular flexibility index (Phi) is 5.56. The lowest BCUT2D eigenvalue weighted by Crippen LogP contribution is -2.45. The highest BCUT2D eigenvalue weighted by Gasteiger charge is 2.18. The molecule has 1 saturated heterocycles. The maximum atomic E-state index is 12.7. The van der Waals surface area contributed by atoms with Crippen LogP contribution in [0.4, 0.5) is 5.82 Å². The van der Waals surface area contributed by atoms with Gasteiger partial charge in [0.25, 0.3) is 5.91 Å². The smallest absolute Gasteiger partial charge is 0.272 e. The standard InChI is InChI=1S/C19H23ClN4O/c1-22-9-11-24(12-10-22)18-8-4-7-17(21-18)19(25)23(2)14-15-5-3-6-16(20)13-15/h3-8,13H,9-12,14H2,1-2H3. The summed E-state index contributed by atoms with van der Waals surface area (Å²) in [4.78, 5) is 23.5. The number of nitrogens with zero attached hydrogens (tertiary/aromatic N) is 4. The van der Waals surface area contributed by atoms with Crippen molar-refractivity contribution in [3.63, 3.8) is 0 Å². The molecule has 0 N–H and O–H groups in total. The molecule has 0 spiro atoms. The summed E-state index contributed by atoms with van der Waals surface area (Å²) in [5.41, 5.74) is 1.47. The van der Waals surface area contributed by atoms with Crippen molar-refractivity contribution in [1.29, 1.82) is 0 Å². The first-order valence-corrected chi connectivity index (χ1v) is 8.81. The largest absolute Gasteiger partial charge is 0.354 e. The zero-order valence-electron chi connectivity index (χ0n) is 14.7. The van der Waals surface area contributed by atoms with Gasteiger partial charge in [-0.15, -0.1) is 0 Å². The zero-order valence-corrected chi connectivity index (χ0v) is 15.4. The van der Waals surface area contributed by atoms with Crippen molar-refractivity contribution in [2.75, 3.05) is 45.2 Å². The van der Waals surface area contributed by atoms with E-state index in [9.17, 15) is 4.79 Å². The molecule has 0 bridgehead atoms. The van der Waals surface area contributed by atoms with Crippen LogP contribution in [0.5, 0.6) is 0 Å². The minimum Gasteiger partial charge on any atom is -0.354 e. The lowest BCUT2D eigenvalue weighted by molar-refractivity contribution is 0.0779. The molecule has 5 nitrogen and oxygen atoms in total. The first kappa shape index (κ1) is 17.7. The molecule has 1 aromatic carbocycles. The molecule has 0 saturated carbocycles. The number of carbonyl (C=O) groups excluding carboxylic acids is 1. The van der Waals surface area contributed by atoms with Crippen LogP contribution in [0.25, 0.3) is 0 Å². The van der Waals surface area contributed by atoms with Gasteiger partial charge in [0.2, 0.25) is 0 Å². The summed E-state index contributed by atoms with van der Waals surface area (Å²) in [5, 5.41) is 0.675. The van der Waals surface area contributed by atoms with Crippen molar-refractivity contribution in [2.45, 2.75) is 6.54 Å². The number of rotatable bonds is 4. The second-order valence-electron chi connectivity index (χ2n) is 6.46. The molecule has 132 valence electrons. The molecule has 2 aromatic rings. The van der Waals surface area contributed by atoms with Gasteiger partial charge in [-0.3, -0.25) is 4.79 Å². The molecule has 0 atom stereocenters. The highest BCUT2D eigenvalue weighted by atomic mass is 35.5. The van der Waals surface area contributed by atoms with Gasteiger partial charge in [0, 0.05) is 44.8 Å². The van der Waals surface area contributed by atoms with Crippen LogP contribution in [0.1, 0.15) is 16.1 Å². The Hall–Kier alpha value is -2.11. The number of amides is 1. The van der Waals surface area contributed by atoms with Crippen LogP contribution in [0.15, 0.2) is 42.5 Å². The van der Waals surface area contributed by atoms with Crippen LogP contribution in [0.3, 0.4) is 0 Å². The summed E-state index contributed by atoms with van der Waals surface area (Å²) in [5.74, 6) is 0.783. The molecule has 1 amide bonds. The van der Waals surface area contributed by atoms with E-state index in [2.05, 4.69) is 21.8 Å². The van der Waals surface area contributed by atoms with Crippen LogP contribution >= 0.6 is 11.6 Å². The summed E-state index contributed by atoms with van der Waals surface area (Å²) in [7, 11) is 3.91. The third kappa shape index (κ3) is 4.50. The van der Waals surface area contributed by atoms with E-state index >= 15 is 0 Å². The molecule has 1 fully saturated rings. The quantitative estimate of drug-likeness (QED) is 0.842. The Morgan fingerprint density at radius 3 is 2.60 bits per heavy atom. The van der Waals surface area contributed by atoms with E-state index in [0.29, 0.717) is 17.3 Å². The molecule has 0 radical (unpaired) electrons. The van der Waals surface area contributed by atoms with E-state index in [1.54, 1.807) is 18.0 Å². The van der Waals surface area contributed by atoms with Crippen LogP contribution in [-0.4, -0.2) is 61.0 Å².